The number of esters is 1. The number of unbranched alkanes of at least 4 members (excludes halogenated alkanes) is 1. The number of ether oxygens (including phenoxy) is 1. The molecule has 0 aromatic carbocycles. The van der Waals surface area contributed by atoms with Crippen molar-refractivity contribution < 1.29 is 9.53 Å². The van der Waals surface area contributed by atoms with Crippen LogP contribution in [0.3, 0.4) is 0 Å². The maximum Gasteiger partial charge on any atom is 0.341 e. The molecule has 0 spiro atoms. The second kappa shape index (κ2) is 5.68. The summed E-state index contributed by atoms with van der Waals surface area (Å²) in [6.45, 7) is 8.98. The van der Waals surface area contributed by atoms with E-state index in [0.717, 1.165) is 30.8 Å². The summed E-state index contributed by atoms with van der Waals surface area (Å²) in [6.07, 6.45) is 2.19. The average Bonchev–Trinajstić information content (AvgIpc) is 2.51. The molecule has 1 aromatic rings. The van der Waals surface area contributed by atoms with Crippen molar-refractivity contribution >= 4 is 5.97 Å². The van der Waals surface area contributed by atoms with Crippen LogP contribution in [0.15, 0.2) is 0 Å². The molecule has 1 rings (SSSR count). The fourth-order valence-corrected chi connectivity index (χ4v) is 1.72. The molecule has 0 saturated heterocycles. The Labute approximate surface area is 96.6 Å². The molecule has 1 aromatic heterocycles. The summed E-state index contributed by atoms with van der Waals surface area (Å²) in [4.78, 5) is 11.7. The summed E-state index contributed by atoms with van der Waals surface area (Å²) in [5.74, 6) is -0.264. The maximum atomic E-state index is 11.7. The molecule has 4 heteroatoms. The van der Waals surface area contributed by atoms with E-state index in [9.17, 15) is 4.79 Å². The number of hydrogen-bond donors (Lipinski definition) is 0. The minimum atomic E-state index is -0.264. The van der Waals surface area contributed by atoms with Gasteiger partial charge in [0.1, 0.15) is 5.56 Å². The summed E-state index contributed by atoms with van der Waals surface area (Å²) in [6, 6.07) is 0. The van der Waals surface area contributed by atoms with E-state index in [0.29, 0.717) is 12.2 Å². The van der Waals surface area contributed by atoms with Gasteiger partial charge in [-0.3, -0.25) is 4.68 Å². The smallest absolute Gasteiger partial charge is 0.341 e. The molecular formula is C12H20N2O2. The molecule has 0 atom stereocenters. The van der Waals surface area contributed by atoms with Gasteiger partial charge in [-0.15, -0.1) is 0 Å². The van der Waals surface area contributed by atoms with Crippen molar-refractivity contribution in [3.8, 4) is 0 Å². The van der Waals surface area contributed by atoms with Crippen molar-refractivity contribution in [1.82, 2.24) is 9.78 Å². The van der Waals surface area contributed by atoms with E-state index in [2.05, 4.69) is 12.0 Å². The Morgan fingerprint density at radius 1 is 1.38 bits per heavy atom. The zero-order chi connectivity index (χ0) is 12.1. The zero-order valence-electron chi connectivity index (χ0n) is 10.5. The first kappa shape index (κ1) is 12.7. The molecule has 0 N–H and O–H groups in total. The van der Waals surface area contributed by atoms with Crippen LogP contribution in [-0.4, -0.2) is 22.4 Å². The van der Waals surface area contributed by atoms with Gasteiger partial charge in [0.15, 0.2) is 0 Å². The molecule has 0 amide bonds. The van der Waals surface area contributed by atoms with E-state index in [1.54, 1.807) is 0 Å². The van der Waals surface area contributed by atoms with E-state index in [1.807, 2.05) is 25.5 Å². The summed E-state index contributed by atoms with van der Waals surface area (Å²) in [5.41, 5.74) is 2.29. The summed E-state index contributed by atoms with van der Waals surface area (Å²) >= 11 is 0. The van der Waals surface area contributed by atoms with Crippen LogP contribution in [0, 0.1) is 13.8 Å². The summed E-state index contributed by atoms with van der Waals surface area (Å²) < 4.78 is 6.91. The van der Waals surface area contributed by atoms with Gasteiger partial charge in [-0.1, -0.05) is 13.3 Å². The Kier molecular flexibility index (Phi) is 4.52. The van der Waals surface area contributed by atoms with E-state index in [-0.39, 0.29) is 5.97 Å². The molecule has 0 radical (unpaired) electrons. The second-order valence-corrected chi connectivity index (χ2v) is 3.84. The highest BCUT2D eigenvalue weighted by Gasteiger charge is 2.19. The Balaban J connectivity index is 2.92. The molecule has 0 aliphatic carbocycles. The molecule has 16 heavy (non-hydrogen) atoms. The lowest BCUT2D eigenvalue weighted by atomic mass is 10.2. The van der Waals surface area contributed by atoms with Crippen LogP contribution in [0.4, 0.5) is 0 Å². The molecule has 0 fully saturated rings. The molecule has 0 unspecified atom stereocenters. The van der Waals surface area contributed by atoms with Crippen LogP contribution in [0.25, 0.3) is 0 Å². The predicted octanol–water partition coefficient (Wildman–Crippen LogP) is 2.48. The number of carbonyl (C=O) groups is 1. The van der Waals surface area contributed by atoms with Gasteiger partial charge in [-0.05, 0) is 27.2 Å². The quantitative estimate of drug-likeness (QED) is 0.722. The maximum absolute atomic E-state index is 11.7. The summed E-state index contributed by atoms with van der Waals surface area (Å²) in [5, 5.41) is 4.37. The lowest BCUT2D eigenvalue weighted by Crippen LogP contribution is -2.08. The van der Waals surface area contributed by atoms with Crippen LogP contribution in [0.1, 0.15) is 48.4 Å². The first-order valence-corrected chi connectivity index (χ1v) is 5.82. The number of hydrogen-bond acceptors (Lipinski definition) is 3. The Morgan fingerprint density at radius 3 is 2.62 bits per heavy atom. The van der Waals surface area contributed by atoms with Crippen molar-refractivity contribution in [3.63, 3.8) is 0 Å². The lowest BCUT2D eigenvalue weighted by molar-refractivity contribution is 0.0524. The number of nitrogens with zero attached hydrogens (tertiary/aromatic N) is 2. The fraction of sp³-hybridized carbons (Fsp3) is 0.667. The Morgan fingerprint density at radius 2 is 2.06 bits per heavy atom. The van der Waals surface area contributed by atoms with Gasteiger partial charge in [-0.25, -0.2) is 4.79 Å². The average molecular weight is 224 g/mol. The third kappa shape index (κ3) is 2.62. The van der Waals surface area contributed by atoms with Crippen molar-refractivity contribution in [2.24, 2.45) is 0 Å². The minimum absolute atomic E-state index is 0.264. The van der Waals surface area contributed by atoms with Crippen LogP contribution in [0.5, 0.6) is 0 Å². The van der Waals surface area contributed by atoms with Gasteiger partial charge >= 0.3 is 5.97 Å². The summed E-state index contributed by atoms with van der Waals surface area (Å²) in [7, 11) is 0. The fourth-order valence-electron chi connectivity index (χ4n) is 1.72. The molecule has 4 nitrogen and oxygen atoms in total. The largest absolute Gasteiger partial charge is 0.462 e. The van der Waals surface area contributed by atoms with E-state index in [1.165, 1.54) is 0 Å². The number of carbonyl (C=O) groups excluding carboxylic acids is 1. The van der Waals surface area contributed by atoms with Crippen molar-refractivity contribution in [1.29, 1.82) is 0 Å². The first-order valence-electron chi connectivity index (χ1n) is 5.82. The lowest BCUT2D eigenvalue weighted by Gasteiger charge is -2.04. The molecule has 0 aliphatic rings. The number of aromatic nitrogens is 2. The van der Waals surface area contributed by atoms with Crippen LogP contribution >= 0.6 is 0 Å². The van der Waals surface area contributed by atoms with Gasteiger partial charge in [0, 0.05) is 6.54 Å². The molecule has 0 aliphatic heterocycles. The highest BCUT2D eigenvalue weighted by atomic mass is 16.5. The van der Waals surface area contributed by atoms with Crippen LogP contribution in [0.2, 0.25) is 0 Å². The normalized spacial score (nSPS) is 10.5. The first-order chi connectivity index (χ1) is 7.61. The second-order valence-electron chi connectivity index (χ2n) is 3.84. The molecule has 90 valence electrons. The highest BCUT2D eigenvalue weighted by Crippen LogP contribution is 2.15. The zero-order valence-corrected chi connectivity index (χ0v) is 10.5. The van der Waals surface area contributed by atoms with Crippen molar-refractivity contribution in [3.05, 3.63) is 17.0 Å². The topological polar surface area (TPSA) is 44.1 Å². The van der Waals surface area contributed by atoms with E-state index < -0.39 is 0 Å². The van der Waals surface area contributed by atoms with Gasteiger partial charge in [0.2, 0.25) is 0 Å². The third-order valence-corrected chi connectivity index (χ3v) is 2.58. The standard InChI is InChI=1S/C12H20N2O2/c1-5-7-8-14-10(4)11(9(3)13-14)12(15)16-6-2/h5-8H2,1-4H3. The van der Waals surface area contributed by atoms with Gasteiger partial charge in [0.05, 0.1) is 18.0 Å². The molecule has 0 saturated carbocycles. The molecule has 0 bridgehead atoms. The number of rotatable bonds is 5. The molecular weight excluding hydrogens is 204 g/mol. The SMILES string of the molecule is CCCCn1nc(C)c(C(=O)OCC)c1C. The van der Waals surface area contributed by atoms with Crippen molar-refractivity contribution in [2.75, 3.05) is 6.61 Å². The van der Waals surface area contributed by atoms with Crippen LogP contribution < -0.4 is 0 Å². The highest BCUT2D eigenvalue weighted by molar-refractivity contribution is 5.91. The third-order valence-electron chi connectivity index (χ3n) is 2.58. The van der Waals surface area contributed by atoms with Gasteiger partial charge in [-0.2, -0.15) is 5.10 Å². The van der Waals surface area contributed by atoms with E-state index >= 15 is 0 Å². The number of aryl methyl sites for hydroxylation is 2. The monoisotopic (exact) mass is 224 g/mol. The van der Waals surface area contributed by atoms with Crippen LogP contribution in [-0.2, 0) is 11.3 Å². The molecule has 1 heterocycles. The Bertz CT molecular complexity index is 369. The predicted molar refractivity (Wildman–Crippen MR) is 62.6 cm³/mol. The minimum Gasteiger partial charge on any atom is -0.462 e. The Hall–Kier alpha value is -1.32. The van der Waals surface area contributed by atoms with Crippen molar-refractivity contribution in [2.45, 2.75) is 47.1 Å². The van der Waals surface area contributed by atoms with Gasteiger partial charge < -0.3 is 4.74 Å². The van der Waals surface area contributed by atoms with E-state index in [4.69, 9.17) is 4.74 Å². The van der Waals surface area contributed by atoms with Gasteiger partial charge in [0.25, 0.3) is 0 Å².